The monoisotopic (exact) mass is 397 g/mol. The van der Waals surface area contributed by atoms with Crippen molar-refractivity contribution >= 4 is 34.8 Å². The van der Waals surface area contributed by atoms with E-state index in [0.29, 0.717) is 29.9 Å². The van der Waals surface area contributed by atoms with Gasteiger partial charge in [-0.05, 0) is 43.7 Å². The molecular formula is C20H19N3O6. The van der Waals surface area contributed by atoms with Gasteiger partial charge in [-0.15, -0.1) is 0 Å². The lowest BCUT2D eigenvalue weighted by atomic mass is 10.1. The second-order valence-electron chi connectivity index (χ2n) is 6.58. The average molecular weight is 397 g/mol. The molecule has 9 nitrogen and oxygen atoms in total. The van der Waals surface area contributed by atoms with Crippen molar-refractivity contribution in [1.82, 2.24) is 0 Å². The molecule has 1 saturated heterocycles. The van der Waals surface area contributed by atoms with Crippen LogP contribution >= 0.6 is 0 Å². The number of amides is 2. The zero-order chi connectivity index (χ0) is 21.0. The number of hydrogen-bond donors (Lipinski definition) is 1. The topological polar surface area (TPSA) is 119 Å². The SMILES string of the molecule is Cc1cc(C(=O)OCC(=O)Nc2cccc(N3CCCC3=O)c2)ccc1[N+](=O)[O-]. The van der Waals surface area contributed by atoms with Crippen LogP contribution < -0.4 is 10.2 Å². The number of ether oxygens (including phenoxy) is 1. The van der Waals surface area contributed by atoms with E-state index in [4.69, 9.17) is 4.74 Å². The van der Waals surface area contributed by atoms with E-state index < -0.39 is 23.4 Å². The van der Waals surface area contributed by atoms with E-state index in [1.807, 2.05) is 0 Å². The van der Waals surface area contributed by atoms with Crippen LogP contribution in [0.3, 0.4) is 0 Å². The van der Waals surface area contributed by atoms with Crippen LogP contribution in [-0.2, 0) is 14.3 Å². The third-order valence-corrected chi connectivity index (χ3v) is 4.48. The number of nitro groups is 1. The van der Waals surface area contributed by atoms with Crippen molar-refractivity contribution in [2.75, 3.05) is 23.4 Å². The Labute approximate surface area is 166 Å². The van der Waals surface area contributed by atoms with Gasteiger partial charge in [0.2, 0.25) is 5.91 Å². The van der Waals surface area contributed by atoms with Gasteiger partial charge < -0.3 is 15.0 Å². The van der Waals surface area contributed by atoms with E-state index in [1.165, 1.54) is 25.1 Å². The van der Waals surface area contributed by atoms with E-state index in [2.05, 4.69) is 5.32 Å². The Bertz CT molecular complexity index is 988. The molecule has 9 heteroatoms. The van der Waals surface area contributed by atoms with E-state index in [-0.39, 0.29) is 17.2 Å². The van der Waals surface area contributed by atoms with Crippen molar-refractivity contribution < 1.29 is 24.0 Å². The standard InChI is InChI=1S/C20H19N3O6/c1-13-10-14(7-8-17(13)23(27)28)20(26)29-12-18(24)21-15-4-2-5-16(11-15)22-9-3-6-19(22)25/h2,4-5,7-8,10-11H,3,6,9,12H2,1H3,(H,21,24). The molecule has 0 spiro atoms. The fourth-order valence-corrected chi connectivity index (χ4v) is 3.07. The summed E-state index contributed by atoms with van der Waals surface area (Å²) in [7, 11) is 0. The Morgan fingerprint density at radius 2 is 2.03 bits per heavy atom. The molecule has 29 heavy (non-hydrogen) atoms. The Morgan fingerprint density at radius 3 is 2.69 bits per heavy atom. The number of esters is 1. The van der Waals surface area contributed by atoms with Crippen molar-refractivity contribution in [3.8, 4) is 0 Å². The highest BCUT2D eigenvalue weighted by Gasteiger charge is 2.22. The minimum absolute atomic E-state index is 0.0424. The highest BCUT2D eigenvalue weighted by Crippen LogP contribution is 2.24. The number of carbonyl (C=O) groups excluding carboxylic acids is 3. The minimum atomic E-state index is -0.755. The lowest BCUT2D eigenvalue weighted by molar-refractivity contribution is -0.385. The summed E-state index contributed by atoms with van der Waals surface area (Å²) >= 11 is 0. The first kappa shape index (κ1) is 20.0. The summed E-state index contributed by atoms with van der Waals surface area (Å²) in [5.41, 5.74) is 1.52. The number of anilines is 2. The van der Waals surface area contributed by atoms with Gasteiger partial charge in [0.15, 0.2) is 6.61 Å². The van der Waals surface area contributed by atoms with Crippen LogP contribution in [0, 0.1) is 17.0 Å². The maximum absolute atomic E-state index is 12.1. The largest absolute Gasteiger partial charge is 0.452 e. The zero-order valence-electron chi connectivity index (χ0n) is 15.7. The van der Waals surface area contributed by atoms with Crippen molar-refractivity contribution in [1.29, 1.82) is 0 Å². The molecule has 1 aliphatic rings. The number of nitro benzene ring substituents is 1. The molecule has 1 fully saturated rings. The fraction of sp³-hybridized carbons (Fsp3) is 0.250. The molecule has 0 aromatic heterocycles. The highest BCUT2D eigenvalue weighted by molar-refractivity contribution is 5.98. The first-order valence-corrected chi connectivity index (χ1v) is 8.97. The lowest BCUT2D eigenvalue weighted by Gasteiger charge is -2.16. The van der Waals surface area contributed by atoms with Crippen LogP contribution in [0.25, 0.3) is 0 Å². The number of nitrogens with zero attached hydrogens (tertiary/aromatic N) is 2. The van der Waals surface area contributed by atoms with Crippen LogP contribution in [0.5, 0.6) is 0 Å². The molecule has 2 aromatic carbocycles. The summed E-state index contributed by atoms with van der Waals surface area (Å²) in [5, 5.41) is 13.5. The number of carbonyl (C=O) groups is 3. The zero-order valence-corrected chi connectivity index (χ0v) is 15.7. The lowest BCUT2D eigenvalue weighted by Crippen LogP contribution is -2.24. The smallest absolute Gasteiger partial charge is 0.338 e. The van der Waals surface area contributed by atoms with Crippen LogP contribution in [0.4, 0.5) is 17.1 Å². The number of aryl methyl sites for hydroxylation is 1. The predicted octanol–water partition coefficient (Wildman–Crippen LogP) is 2.83. The highest BCUT2D eigenvalue weighted by atomic mass is 16.6. The number of hydrogen-bond acceptors (Lipinski definition) is 6. The molecule has 1 aliphatic heterocycles. The second kappa shape index (κ2) is 8.51. The van der Waals surface area contributed by atoms with Crippen molar-refractivity contribution in [2.45, 2.75) is 19.8 Å². The first-order chi connectivity index (χ1) is 13.8. The summed E-state index contributed by atoms with van der Waals surface area (Å²) in [6.45, 7) is 1.64. The second-order valence-corrected chi connectivity index (χ2v) is 6.58. The molecule has 1 N–H and O–H groups in total. The van der Waals surface area contributed by atoms with Crippen LogP contribution in [0.15, 0.2) is 42.5 Å². The van der Waals surface area contributed by atoms with Crippen molar-refractivity contribution in [3.63, 3.8) is 0 Å². The quantitative estimate of drug-likeness (QED) is 0.455. The van der Waals surface area contributed by atoms with Gasteiger partial charge in [0.1, 0.15) is 0 Å². The van der Waals surface area contributed by atoms with Gasteiger partial charge in [-0.2, -0.15) is 0 Å². The van der Waals surface area contributed by atoms with Crippen LogP contribution in [0.2, 0.25) is 0 Å². The first-order valence-electron chi connectivity index (χ1n) is 8.97. The van der Waals surface area contributed by atoms with E-state index in [0.717, 1.165) is 6.42 Å². The minimum Gasteiger partial charge on any atom is -0.452 e. The van der Waals surface area contributed by atoms with Crippen molar-refractivity contribution in [2.24, 2.45) is 0 Å². The molecule has 0 unspecified atom stereocenters. The van der Waals surface area contributed by atoms with Gasteiger partial charge in [0.05, 0.1) is 10.5 Å². The molecule has 1 heterocycles. The normalized spacial score (nSPS) is 13.3. The van der Waals surface area contributed by atoms with Gasteiger partial charge in [0, 0.05) is 36.0 Å². The molecular weight excluding hydrogens is 378 g/mol. The summed E-state index contributed by atoms with van der Waals surface area (Å²) in [6.07, 6.45) is 1.31. The van der Waals surface area contributed by atoms with Crippen LogP contribution in [0.1, 0.15) is 28.8 Å². The van der Waals surface area contributed by atoms with E-state index in [1.54, 1.807) is 29.2 Å². The summed E-state index contributed by atoms with van der Waals surface area (Å²) in [6, 6.07) is 10.7. The average Bonchev–Trinajstić information content (AvgIpc) is 3.12. The molecule has 150 valence electrons. The van der Waals surface area contributed by atoms with E-state index in [9.17, 15) is 24.5 Å². The Hall–Kier alpha value is -3.75. The molecule has 0 radical (unpaired) electrons. The van der Waals surface area contributed by atoms with Crippen molar-refractivity contribution in [3.05, 3.63) is 63.7 Å². The third-order valence-electron chi connectivity index (χ3n) is 4.48. The molecule has 0 saturated carbocycles. The maximum Gasteiger partial charge on any atom is 0.338 e. The molecule has 0 atom stereocenters. The summed E-state index contributed by atoms with van der Waals surface area (Å²) in [4.78, 5) is 48.0. The van der Waals surface area contributed by atoms with E-state index >= 15 is 0 Å². The van der Waals surface area contributed by atoms with Gasteiger partial charge in [-0.3, -0.25) is 19.7 Å². The van der Waals surface area contributed by atoms with Gasteiger partial charge in [-0.25, -0.2) is 4.79 Å². The number of benzene rings is 2. The fourth-order valence-electron chi connectivity index (χ4n) is 3.07. The van der Waals surface area contributed by atoms with Gasteiger partial charge in [-0.1, -0.05) is 6.07 Å². The molecule has 0 aliphatic carbocycles. The third kappa shape index (κ3) is 4.75. The Morgan fingerprint density at radius 1 is 1.24 bits per heavy atom. The Balaban J connectivity index is 1.57. The summed E-state index contributed by atoms with van der Waals surface area (Å²) in [5.74, 6) is -1.25. The number of rotatable bonds is 6. The maximum atomic E-state index is 12.1. The van der Waals surface area contributed by atoms with Gasteiger partial charge in [0.25, 0.3) is 11.6 Å². The predicted molar refractivity (Wildman–Crippen MR) is 105 cm³/mol. The Kier molecular flexibility index (Phi) is 5.87. The number of nitrogens with one attached hydrogen (secondary N) is 1. The van der Waals surface area contributed by atoms with Crippen LogP contribution in [-0.4, -0.2) is 35.9 Å². The molecule has 2 aromatic rings. The summed E-state index contributed by atoms with van der Waals surface area (Å²) < 4.78 is 4.98. The molecule has 0 bridgehead atoms. The molecule has 2 amide bonds. The molecule has 3 rings (SSSR count). The van der Waals surface area contributed by atoms with Gasteiger partial charge >= 0.3 is 5.97 Å².